The Morgan fingerprint density at radius 1 is 1.33 bits per heavy atom. The van der Waals surface area contributed by atoms with Crippen molar-refractivity contribution in [3.8, 4) is 11.1 Å². The lowest BCUT2D eigenvalue weighted by Gasteiger charge is -2.06. The standard InChI is InChI=1S/C13H12N2O2S/c1-18-10-4-2-3-8(5-10)9-6-11(13(16)17)12(14)15-7-9/h2-7H,1H3,(H2,14,15)(H,16,17). The molecule has 5 heteroatoms. The molecule has 18 heavy (non-hydrogen) atoms. The average molecular weight is 260 g/mol. The topological polar surface area (TPSA) is 76.2 Å². The molecule has 2 rings (SSSR count). The summed E-state index contributed by atoms with van der Waals surface area (Å²) in [5.74, 6) is -1.03. The minimum atomic E-state index is -1.07. The second-order valence-electron chi connectivity index (χ2n) is 3.69. The molecule has 1 aromatic carbocycles. The summed E-state index contributed by atoms with van der Waals surface area (Å²) >= 11 is 1.63. The number of pyridine rings is 1. The number of hydrogen-bond donors (Lipinski definition) is 2. The molecule has 0 radical (unpaired) electrons. The fourth-order valence-electron chi connectivity index (χ4n) is 1.61. The maximum atomic E-state index is 11.0. The zero-order valence-corrected chi connectivity index (χ0v) is 10.6. The van der Waals surface area contributed by atoms with E-state index in [1.165, 1.54) is 0 Å². The van der Waals surface area contributed by atoms with Crippen molar-refractivity contribution >= 4 is 23.5 Å². The molecule has 1 aromatic heterocycles. The zero-order chi connectivity index (χ0) is 13.1. The molecule has 0 amide bonds. The first-order chi connectivity index (χ1) is 8.61. The number of nitrogen functional groups attached to an aromatic ring is 1. The molecule has 0 fully saturated rings. The van der Waals surface area contributed by atoms with Crippen LogP contribution in [-0.4, -0.2) is 22.3 Å². The van der Waals surface area contributed by atoms with Crippen LogP contribution in [0.3, 0.4) is 0 Å². The normalized spacial score (nSPS) is 10.3. The number of aromatic nitrogens is 1. The Labute approximate surface area is 109 Å². The number of nitrogens with zero attached hydrogens (tertiary/aromatic N) is 1. The molecule has 92 valence electrons. The second kappa shape index (κ2) is 5.10. The van der Waals surface area contributed by atoms with Gasteiger partial charge in [0, 0.05) is 16.7 Å². The van der Waals surface area contributed by atoms with Gasteiger partial charge in [-0.05, 0) is 30.0 Å². The van der Waals surface area contributed by atoms with Crippen LogP contribution in [0.5, 0.6) is 0 Å². The lowest BCUT2D eigenvalue weighted by Crippen LogP contribution is -2.04. The van der Waals surface area contributed by atoms with Crippen molar-refractivity contribution < 1.29 is 9.90 Å². The third kappa shape index (κ3) is 2.46. The van der Waals surface area contributed by atoms with E-state index >= 15 is 0 Å². The molecule has 0 bridgehead atoms. The monoisotopic (exact) mass is 260 g/mol. The van der Waals surface area contributed by atoms with Crippen molar-refractivity contribution in [1.29, 1.82) is 0 Å². The Kier molecular flexibility index (Phi) is 3.53. The minimum Gasteiger partial charge on any atom is -0.478 e. The van der Waals surface area contributed by atoms with E-state index in [9.17, 15) is 4.79 Å². The van der Waals surface area contributed by atoms with Gasteiger partial charge in [-0.25, -0.2) is 9.78 Å². The van der Waals surface area contributed by atoms with E-state index in [1.807, 2.05) is 30.5 Å². The van der Waals surface area contributed by atoms with E-state index in [0.29, 0.717) is 0 Å². The molecule has 2 aromatic rings. The van der Waals surface area contributed by atoms with Gasteiger partial charge in [-0.15, -0.1) is 11.8 Å². The molecule has 4 nitrogen and oxygen atoms in total. The molecule has 1 heterocycles. The van der Waals surface area contributed by atoms with Gasteiger partial charge in [0.1, 0.15) is 11.4 Å². The van der Waals surface area contributed by atoms with Gasteiger partial charge < -0.3 is 10.8 Å². The van der Waals surface area contributed by atoms with Crippen LogP contribution in [0.1, 0.15) is 10.4 Å². The Bertz CT molecular complexity index is 599. The molecular formula is C13H12N2O2S. The summed E-state index contributed by atoms with van der Waals surface area (Å²) in [5, 5.41) is 9.01. The maximum absolute atomic E-state index is 11.0. The minimum absolute atomic E-state index is 0.0297. The first-order valence-corrected chi connectivity index (χ1v) is 6.47. The number of carboxylic acid groups (broad SMARTS) is 1. The molecule has 3 N–H and O–H groups in total. The number of nitrogens with two attached hydrogens (primary N) is 1. The summed E-state index contributed by atoms with van der Waals surface area (Å²) in [6, 6.07) is 9.38. The lowest BCUT2D eigenvalue weighted by molar-refractivity contribution is 0.0698. The third-order valence-electron chi connectivity index (χ3n) is 2.55. The predicted molar refractivity (Wildman–Crippen MR) is 72.8 cm³/mol. The summed E-state index contributed by atoms with van der Waals surface area (Å²) in [4.78, 5) is 16.0. The zero-order valence-electron chi connectivity index (χ0n) is 9.75. The van der Waals surface area contributed by atoms with Crippen LogP contribution >= 0.6 is 11.8 Å². The van der Waals surface area contributed by atoms with Crippen molar-refractivity contribution in [2.75, 3.05) is 12.0 Å². The van der Waals surface area contributed by atoms with Crippen LogP contribution in [0.15, 0.2) is 41.4 Å². The van der Waals surface area contributed by atoms with Crippen LogP contribution in [0.2, 0.25) is 0 Å². The van der Waals surface area contributed by atoms with Gasteiger partial charge in [0.25, 0.3) is 0 Å². The number of benzene rings is 1. The van der Waals surface area contributed by atoms with Crippen LogP contribution in [0.25, 0.3) is 11.1 Å². The third-order valence-corrected chi connectivity index (χ3v) is 3.28. The Hall–Kier alpha value is -2.01. The number of hydrogen-bond acceptors (Lipinski definition) is 4. The molecule has 0 aliphatic carbocycles. The van der Waals surface area contributed by atoms with Gasteiger partial charge in [-0.2, -0.15) is 0 Å². The fraction of sp³-hybridized carbons (Fsp3) is 0.0769. The SMILES string of the molecule is CSc1cccc(-c2cnc(N)c(C(=O)O)c2)c1. The van der Waals surface area contributed by atoms with Crippen LogP contribution in [0.4, 0.5) is 5.82 Å². The van der Waals surface area contributed by atoms with E-state index in [0.717, 1.165) is 16.0 Å². The molecule has 0 spiro atoms. The number of carbonyl (C=O) groups is 1. The maximum Gasteiger partial charge on any atom is 0.339 e. The lowest BCUT2D eigenvalue weighted by atomic mass is 10.1. The van der Waals surface area contributed by atoms with Gasteiger partial charge in [-0.1, -0.05) is 12.1 Å². The van der Waals surface area contributed by atoms with Gasteiger partial charge in [0.2, 0.25) is 0 Å². The average Bonchev–Trinajstić information content (AvgIpc) is 2.39. The molecule has 0 saturated carbocycles. The van der Waals surface area contributed by atoms with Crippen LogP contribution in [-0.2, 0) is 0 Å². The van der Waals surface area contributed by atoms with Crippen LogP contribution < -0.4 is 5.73 Å². The number of thioether (sulfide) groups is 1. The first kappa shape index (κ1) is 12.4. The first-order valence-electron chi connectivity index (χ1n) is 5.25. The highest BCUT2D eigenvalue weighted by Gasteiger charge is 2.11. The van der Waals surface area contributed by atoms with E-state index in [2.05, 4.69) is 4.98 Å². The summed E-state index contributed by atoms with van der Waals surface area (Å²) in [6.07, 6.45) is 3.57. The number of carboxylic acids is 1. The Morgan fingerprint density at radius 3 is 2.78 bits per heavy atom. The van der Waals surface area contributed by atoms with Crippen molar-refractivity contribution in [2.45, 2.75) is 4.90 Å². The molecular weight excluding hydrogens is 248 g/mol. The van der Waals surface area contributed by atoms with E-state index in [1.54, 1.807) is 24.0 Å². The second-order valence-corrected chi connectivity index (χ2v) is 4.57. The smallest absolute Gasteiger partial charge is 0.339 e. The van der Waals surface area contributed by atoms with E-state index < -0.39 is 5.97 Å². The number of anilines is 1. The van der Waals surface area contributed by atoms with E-state index in [-0.39, 0.29) is 11.4 Å². The molecule has 0 aliphatic rings. The van der Waals surface area contributed by atoms with Gasteiger partial charge in [-0.3, -0.25) is 0 Å². The Morgan fingerprint density at radius 2 is 2.11 bits per heavy atom. The van der Waals surface area contributed by atoms with Gasteiger partial charge >= 0.3 is 5.97 Å². The van der Waals surface area contributed by atoms with Gasteiger partial charge in [0.05, 0.1) is 0 Å². The molecule has 0 saturated heterocycles. The van der Waals surface area contributed by atoms with Gasteiger partial charge in [0.15, 0.2) is 0 Å². The van der Waals surface area contributed by atoms with Crippen molar-refractivity contribution in [1.82, 2.24) is 4.98 Å². The number of aromatic carboxylic acids is 1. The number of rotatable bonds is 3. The largest absolute Gasteiger partial charge is 0.478 e. The quantitative estimate of drug-likeness (QED) is 0.830. The predicted octanol–water partition coefficient (Wildman–Crippen LogP) is 2.75. The summed E-state index contributed by atoms with van der Waals surface area (Å²) < 4.78 is 0. The highest BCUT2D eigenvalue weighted by Crippen LogP contribution is 2.25. The van der Waals surface area contributed by atoms with Crippen molar-refractivity contribution in [3.63, 3.8) is 0 Å². The summed E-state index contributed by atoms with van der Waals surface area (Å²) in [5.41, 5.74) is 7.23. The Balaban J connectivity index is 2.50. The molecule has 0 atom stereocenters. The fourth-order valence-corrected chi connectivity index (χ4v) is 2.07. The van der Waals surface area contributed by atoms with Crippen LogP contribution in [0, 0.1) is 0 Å². The molecule has 0 unspecified atom stereocenters. The van der Waals surface area contributed by atoms with Crippen molar-refractivity contribution in [3.05, 3.63) is 42.1 Å². The van der Waals surface area contributed by atoms with Crippen molar-refractivity contribution in [2.24, 2.45) is 0 Å². The summed E-state index contributed by atoms with van der Waals surface area (Å²) in [7, 11) is 0. The highest BCUT2D eigenvalue weighted by atomic mass is 32.2. The summed E-state index contributed by atoms with van der Waals surface area (Å²) in [6.45, 7) is 0. The highest BCUT2D eigenvalue weighted by molar-refractivity contribution is 7.98. The van der Waals surface area contributed by atoms with E-state index in [4.69, 9.17) is 10.8 Å². The molecule has 0 aliphatic heterocycles.